The Bertz CT molecular complexity index is 469. The van der Waals surface area contributed by atoms with Crippen molar-refractivity contribution in [3.05, 3.63) is 35.1 Å². The zero-order valence-corrected chi connectivity index (χ0v) is 9.21. The third kappa shape index (κ3) is 1.57. The molecule has 1 aromatic rings. The van der Waals surface area contributed by atoms with Gasteiger partial charge in [0.05, 0.1) is 5.92 Å². The molecule has 1 aliphatic carbocycles. The molecule has 1 atom stereocenters. The fourth-order valence-electron chi connectivity index (χ4n) is 2.07. The van der Waals surface area contributed by atoms with Gasteiger partial charge in [-0.3, -0.25) is 0 Å². The normalized spacial score (nSPS) is 24.4. The molecule has 0 bridgehead atoms. The first-order valence-electron chi connectivity index (χ1n) is 4.81. The number of rotatable bonds is 2. The lowest BCUT2D eigenvalue weighted by Crippen LogP contribution is -2.36. The molecule has 0 heterocycles. The van der Waals surface area contributed by atoms with E-state index in [4.69, 9.17) is 0 Å². The van der Waals surface area contributed by atoms with Crippen LogP contribution < -0.4 is 0 Å². The van der Waals surface area contributed by atoms with Crippen LogP contribution in [0.15, 0.2) is 18.2 Å². The van der Waals surface area contributed by atoms with Crippen LogP contribution in [0.5, 0.6) is 0 Å². The number of hydrogen-bond acceptors (Lipinski definition) is 1. The maximum atomic E-state index is 13.6. The summed E-state index contributed by atoms with van der Waals surface area (Å²) in [6.07, 6.45) is -0.394. The van der Waals surface area contributed by atoms with E-state index in [9.17, 15) is 22.0 Å². The van der Waals surface area contributed by atoms with Gasteiger partial charge in [0.1, 0.15) is 5.82 Å². The molecule has 0 aromatic heterocycles. The maximum absolute atomic E-state index is 13.6. The molecule has 1 unspecified atom stereocenters. The smallest absolute Gasteiger partial charge is 0.207 e. The van der Waals surface area contributed by atoms with Crippen LogP contribution in [0, 0.1) is 5.82 Å². The number of thiocarbonyl (C=S) groups is 1. The molecule has 17 heavy (non-hydrogen) atoms. The Morgan fingerprint density at radius 3 is 2.47 bits per heavy atom. The first-order valence-corrected chi connectivity index (χ1v) is 5.28. The topological polar surface area (TPSA) is 0 Å². The molecule has 0 spiro atoms. The van der Waals surface area contributed by atoms with Gasteiger partial charge in [-0.2, -0.15) is 17.6 Å². The van der Waals surface area contributed by atoms with E-state index in [0.717, 1.165) is 17.5 Å². The molecule has 1 aliphatic rings. The molecule has 0 radical (unpaired) electrons. The molecule has 0 nitrogen and oxygen atoms in total. The number of fused-ring (bicyclic) bond motifs is 1. The summed E-state index contributed by atoms with van der Waals surface area (Å²) in [6, 6.07) is 2.19. The van der Waals surface area contributed by atoms with E-state index in [-0.39, 0.29) is 5.56 Å². The van der Waals surface area contributed by atoms with Crippen LogP contribution in [-0.4, -0.2) is 11.3 Å². The van der Waals surface area contributed by atoms with E-state index in [1.54, 1.807) is 0 Å². The van der Waals surface area contributed by atoms with Crippen molar-refractivity contribution in [2.45, 2.75) is 24.2 Å². The third-order valence-corrected chi connectivity index (χ3v) is 3.11. The molecular weight excluding hydrogens is 259 g/mol. The van der Waals surface area contributed by atoms with Gasteiger partial charge in [0.25, 0.3) is 0 Å². The van der Waals surface area contributed by atoms with Gasteiger partial charge < -0.3 is 0 Å². The molecule has 0 aliphatic heterocycles. The van der Waals surface area contributed by atoms with Crippen LogP contribution in [-0.2, 0) is 5.92 Å². The highest BCUT2D eigenvalue weighted by Gasteiger charge is 2.67. The van der Waals surface area contributed by atoms with Crippen molar-refractivity contribution in [2.75, 3.05) is 0 Å². The molecular formula is C11H7F5S. The molecule has 0 N–H and O–H groups in total. The van der Waals surface area contributed by atoms with Crippen LogP contribution in [0.2, 0.25) is 0 Å². The van der Waals surface area contributed by atoms with Crippen molar-refractivity contribution in [1.29, 1.82) is 0 Å². The van der Waals surface area contributed by atoms with E-state index in [1.165, 1.54) is 0 Å². The van der Waals surface area contributed by atoms with Gasteiger partial charge in [-0.05, 0) is 35.6 Å². The Kier molecular flexibility index (Phi) is 2.72. The van der Waals surface area contributed by atoms with Gasteiger partial charge in [0.2, 0.25) is 0 Å². The predicted molar refractivity (Wildman–Crippen MR) is 56.3 cm³/mol. The summed E-state index contributed by atoms with van der Waals surface area (Å²) in [5.41, 5.74) is -1.17. The van der Waals surface area contributed by atoms with Crippen LogP contribution >= 0.6 is 12.2 Å². The van der Waals surface area contributed by atoms with Crippen molar-refractivity contribution < 1.29 is 22.0 Å². The lowest BCUT2D eigenvalue weighted by molar-refractivity contribution is -0.214. The summed E-state index contributed by atoms with van der Waals surface area (Å²) in [4.78, 5) is 0. The lowest BCUT2D eigenvalue weighted by Gasteiger charge is -2.23. The number of benzene rings is 1. The Labute approximate surface area is 99.4 Å². The standard InChI is InChI=1S/C11H7F5S/c12-6-1-2-8-7(5-6)9(3-4-17)11(15,16)10(8,13)14/h1-2,4-5,9H,3H2. The van der Waals surface area contributed by atoms with E-state index in [2.05, 4.69) is 12.2 Å². The van der Waals surface area contributed by atoms with Gasteiger partial charge >= 0.3 is 11.8 Å². The summed E-state index contributed by atoms with van der Waals surface area (Å²) in [7, 11) is 0. The number of alkyl halides is 4. The average molecular weight is 266 g/mol. The third-order valence-electron chi connectivity index (χ3n) is 2.92. The first-order chi connectivity index (χ1) is 7.82. The molecule has 0 fully saturated rings. The van der Waals surface area contributed by atoms with E-state index in [0.29, 0.717) is 6.07 Å². The molecule has 2 rings (SSSR count). The molecule has 0 saturated heterocycles. The molecule has 6 heteroatoms. The van der Waals surface area contributed by atoms with Gasteiger partial charge in [-0.15, -0.1) is 0 Å². The van der Waals surface area contributed by atoms with Crippen molar-refractivity contribution in [1.82, 2.24) is 0 Å². The fraction of sp³-hybridized carbons (Fsp3) is 0.364. The predicted octanol–water partition coefficient (Wildman–Crippen LogP) is 4.04. The van der Waals surface area contributed by atoms with Crippen molar-refractivity contribution in [3.8, 4) is 0 Å². The maximum Gasteiger partial charge on any atom is 0.336 e. The second-order valence-electron chi connectivity index (χ2n) is 3.88. The van der Waals surface area contributed by atoms with Crippen molar-refractivity contribution in [2.24, 2.45) is 0 Å². The minimum atomic E-state index is -4.28. The number of hydrogen-bond donors (Lipinski definition) is 0. The van der Waals surface area contributed by atoms with E-state index < -0.39 is 35.6 Å². The second kappa shape index (κ2) is 3.73. The second-order valence-corrected chi connectivity index (χ2v) is 4.22. The minimum absolute atomic E-state index is 0.360. The average Bonchev–Trinajstić information content (AvgIpc) is 2.37. The zero-order valence-electron chi connectivity index (χ0n) is 8.39. The van der Waals surface area contributed by atoms with Gasteiger partial charge in [-0.25, -0.2) is 4.39 Å². The van der Waals surface area contributed by atoms with Gasteiger partial charge in [-0.1, -0.05) is 12.2 Å². The van der Waals surface area contributed by atoms with Crippen molar-refractivity contribution >= 4 is 17.6 Å². The Balaban J connectivity index is 2.64. The summed E-state index contributed by atoms with van der Waals surface area (Å²) >= 11 is 4.43. The number of halogens is 5. The Hall–Kier alpha value is -1.04. The van der Waals surface area contributed by atoms with Gasteiger partial charge in [0.15, 0.2) is 0 Å². The Morgan fingerprint density at radius 2 is 1.88 bits per heavy atom. The summed E-state index contributed by atoms with van der Waals surface area (Å²) in [5, 5.41) is 0.967. The van der Waals surface area contributed by atoms with Crippen LogP contribution in [0.3, 0.4) is 0 Å². The molecule has 1 aromatic carbocycles. The summed E-state index contributed by atoms with van der Waals surface area (Å²) in [5.74, 6) is -11.1. The van der Waals surface area contributed by atoms with Crippen LogP contribution in [0.1, 0.15) is 23.5 Å². The minimum Gasteiger partial charge on any atom is -0.207 e. The molecule has 0 amide bonds. The fourth-order valence-corrected chi connectivity index (χ4v) is 2.27. The molecule has 92 valence electrons. The van der Waals surface area contributed by atoms with Gasteiger partial charge in [0, 0.05) is 5.56 Å². The van der Waals surface area contributed by atoms with Crippen LogP contribution in [0.25, 0.3) is 0 Å². The SMILES string of the molecule is Fc1ccc2c(c1)C(CC=S)C(F)(F)C2(F)F. The Morgan fingerprint density at radius 1 is 1.24 bits per heavy atom. The highest BCUT2D eigenvalue weighted by molar-refractivity contribution is 7.78. The quantitative estimate of drug-likeness (QED) is 0.575. The zero-order chi connectivity index (χ0) is 12.8. The summed E-state index contributed by atoms with van der Waals surface area (Å²) < 4.78 is 67.1. The summed E-state index contributed by atoms with van der Waals surface area (Å²) in [6.45, 7) is 0. The molecule has 0 saturated carbocycles. The monoisotopic (exact) mass is 266 g/mol. The van der Waals surface area contributed by atoms with Crippen molar-refractivity contribution in [3.63, 3.8) is 0 Å². The highest BCUT2D eigenvalue weighted by atomic mass is 32.1. The first kappa shape index (κ1) is 12.4. The lowest BCUT2D eigenvalue weighted by atomic mass is 9.96. The highest BCUT2D eigenvalue weighted by Crippen LogP contribution is 2.59. The largest absolute Gasteiger partial charge is 0.336 e. The van der Waals surface area contributed by atoms with E-state index >= 15 is 0 Å². The van der Waals surface area contributed by atoms with E-state index in [1.807, 2.05) is 0 Å². The van der Waals surface area contributed by atoms with Crippen LogP contribution in [0.4, 0.5) is 22.0 Å².